The van der Waals surface area contributed by atoms with Gasteiger partial charge >= 0.3 is 0 Å². The van der Waals surface area contributed by atoms with Crippen LogP contribution in [0.5, 0.6) is 0 Å². The van der Waals surface area contributed by atoms with E-state index in [9.17, 15) is 12.8 Å². The molecule has 3 N–H and O–H groups in total. The van der Waals surface area contributed by atoms with Crippen molar-refractivity contribution in [1.82, 2.24) is 9.62 Å². The minimum absolute atomic E-state index is 0.154. The Hall–Kier alpha value is -1.09. The van der Waals surface area contributed by atoms with Gasteiger partial charge in [0.25, 0.3) is 0 Å². The van der Waals surface area contributed by atoms with E-state index >= 15 is 0 Å². The third-order valence-corrected chi connectivity index (χ3v) is 5.36. The van der Waals surface area contributed by atoms with Crippen molar-refractivity contribution in [1.29, 1.82) is 0 Å². The van der Waals surface area contributed by atoms with Crippen molar-refractivity contribution in [2.24, 2.45) is 5.73 Å². The highest BCUT2D eigenvalue weighted by Crippen LogP contribution is 2.20. The quantitative estimate of drug-likeness (QED) is 0.782. The molecule has 8 heteroatoms. The van der Waals surface area contributed by atoms with E-state index < -0.39 is 15.8 Å². The maximum Gasteiger partial charge on any atom is 0.241 e. The van der Waals surface area contributed by atoms with Crippen LogP contribution < -0.4 is 10.5 Å². The third-order valence-electron chi connectivity index (χ3n) is 3.69. The predicted octanol–water partition coefficient (Wildman–Crippen LogP) is 0.832. The standard InChI is InChI=1S/C13H18FN3O2S2/c1-17-7-3-4-9(17)8-16-21(18,19)11-6-2-5-10(14)12(11)13(15)20/h2,5-6,9,16H,3-4,7-8H2,1H3,(H2,15,20). The molecule has 21 heavy (non-hydrogen) atoms. The molecule has 0 bridgehead atoms. The minimum Gasteiger partial charge on any atom is -0.389 e. The zero-order chi connectivity index (χ0) is 15.6. The van der Waals surface area contributed by atoms with E-state index in [1.54, 1.807) is 0 Å². The van der Waals surface area contributed by atoms with Crippen molar-refractivity contribution < 1.29 is 12.8 Å². The molecule has 1 aromatic carbocycles. The summed E-state index contributed by atoms with van der Waals surface area (Å²) in [6, 6.07) is 3.92. The fourth-order valence-corrected chi connectivity index (χ4v) is 4.06. The van der Waals surface area contributed by atoms with E-state index in [1.165, 1.54) is 12.1 Å². The summed E-state index contributed by atoms with van der Waals surface area (Å²) in [7, 11) is -1.90. The summed E-state index contributed by atoms with van der Waals surface area (Å²) in [6.45, 7) is 1.23. The molecule has 0 aromatic heterocycles. The molecule has 0 amide bonds. The maximum atomic E-state index is 13.8. The van der Waals surface area contributed by atoms with Gasteiger partial charge in [0.1, 0.15) is 10.8 Å². The summed E-state index contributed by atoms with van der Waals surface area (Å²) >= 11 is 4.75. The van der Waals surface area contributed by atoms with Gasteiger partial charge in [0.2, 0.25) is 10.0 Å². The fraction of sp³-hybridized carbons (Fsp3) is 0.462. The number of nitrogens with zero attached hydrogens (tertiary/aromatic N) is 1. The second-order valence-electron chi connectivity index (χ2n) is 5.11. The van der Waals surface area contributed by atoms with Crippen LogP contribution >= 0.6 is 12.2 Å². The molecule has 5 nitrogen and oxygen atoms in total. The summed E-state index contributed by atoms with van der Waals surface area (Å²) in [6.07, 6.45) is 1.98. The molecule has 1 unspecified atom stereocenters. The number of sulfonamides is 1. The van der Waals surface area contributed by atoms with E-state index in [2.05, 4.69) is 9.62 Å². The predicted molar refractivity (Wildman–Crippen MR) is 83.1 cm³/mol. The normalized spacial score (nSPS) is 19.8. The van der Waals surface area contributed by atoms with Crippen molar-refractivity contribution in [3.8, 4) is 0 Å². The first-order valence-corrected chi connectivity index (χ1v) is 8.50. The zero-order valence-corrected chi connectivity index (χ0v) is 13.3. The Kier molecular flexibility index (Phi) is 4.92. The molecule has 1 atom stereocenters. The topological polar surface area (TPSA) is 75.4 Å². The van der Waals surface area contributed by atoms with E-state index in [1.807, 2.05) is 7.05 Å². The zero-order valence-electron chi connectivity index (χ0n) is 11.7. The number of likely N-dealkylation sites (N-methyl/N-ethyl adjacent to an activating group) is 1. The Labute approximate surface area is 129 Å². The van der Waals surface area contributed by atoms with Crippen LogP contribution in [0.3, 0.4) is 0 Å². The van der Waals surface area contributed by atoms with Crippen molar-refractivity contribution in [3.05, 3.63) is 29.6 Å². The van der Waals surface area contributed by atoms with Gasteiger partial charge in [-0.2, -0.15) is 0 Å². The lowest BCUT2D eigenvalue weighted by atomic mass is 10.2. The van der Waals surface area contributed by atoms with Crippen LogP contribution in [-0.4, -0.2) is 44.5 Å². The maximum absolute atomic E-state index is 13.8. The first kappa shape index (κ1) is 16.3. The molecule has 1 heterocycles. The highest BCUT2D eigenvalue weighted by molar-refractivity contribution is 7.89. The van der Waals surface area contributed by atoms with Crippen LogP contribution in [0.4, 0.5) is 4.39 Å². The van der Waals surface area contributed by atoms with E-state index in [4.69, 9.17) is 18.0 Å². The molecule has 0 radical (unpaired) electrons. The molecule has 2 rings (SSSR count). The van der Waals surface area contributed by atoms with Crippen LogP contribution in [-0.2, 0) is 10.0 Å². The molecular weight excluding hydrogens is 313 g/mol. The van der Waals surface area contributed by atoms with Gasteiger partial charge in [-0.25, -0.2) is 17.5 Å². The molecule has 1 fully saturated rings. The number of nitrogens with two attached hydrogens (primary N) is 1. The highest BCUT2D eigenvalue weighted by atomic mass is 32.2. The van der Waals surface area contributed by atoms with Gasteiger partial charge in [-0.15, -0.1) is 0 Å². The number of likely N-dealkylation sites (tertiary alicyclic amines) is 1. The smallest absolute Gasteiger partial charge is 0.241 e. The average molecular weight is 331 g/mol. The fourth-order valence-electron chi connectivity index (χ4n) is 2.49. The van der Waals surface area contributed by atoms with Gasteiger partial charge in [-0.3, -0.25) is 0 Å². The Morgan fingerprint density at radius 2 is 2.29 bits per heavy atom. The van der Waals surface area contributed by atoms with Crippen molar-refractivity contribution >= 4 is 27.2 Å². The van der Waals surface area contributed by atoms with Crippen LogP contribution in [0.2, 0.25) is 0 Å². The highest BCUT2D eigenvalue weighted by Gasteiger charge is 2.26. The Morgan fingerprint density at radius 3 is 2.86 bits per heavy atom. The van der Waals surface area contributed by atoms with Gasteiger partial charge in [0.05, 0.1) is 10.5 Å². The lowest BCUT2D eigenvalue weighted by Crippen LogP contribution is -2.38. The van der Waals surface area contributed by atoms with Crippen LogP contribution in [0.1, 0.15) is 18.4 Å². The first-order chi connectivity index (χ1) is 9.83. The minimum atomic E-state index is -3.85. The largest absolute Gasteiger partial charge is 0.389 e. The number of rotatable bonds is 5. The number of hydrogen-bond donors (Lipinski definition) is 2. The molecule has 1 aliphatic heterocycles. The summed E-state index contributed by atoms with van der Waals surface area (Å²) in [4.78, 5) is 1.62. The summed E-state index contributed by atoms with van der Waals surface area (Å²) in [5, 5.41) is 0. The molecule has 1 aromatic rings. The van der Waals surface area contributed by atoms with E-state index in [-0.39, 0.29) is 28.0 Å². The first-order valence-electron chi connectivity index (χ1n) is 6.61. The van der Waals surface area contributed by atoms with Crippen LogP contribution in [0.15, 0.2) is 23.1 Å². The summed E-state index contributed by atoms with van der Waals surface area (Å²) in [5.41, 5.74) is 5.21. The number of benzene rings is 1. The van der Waals surface area contributed by atoms with Crippen molar-refractivity contribution in [3.63, 3.8) is 0 Å². The number of thiocarbonyl (C=S) groups is 1. The second-order valence-corrected chi connectivity index (χ2v) is 7.28. The number of hydrogen-bond acceptors (Lipinski definition) is 4. The van der Waals surface area contributed by atoms with E-state index in [0.717, 1.165) is 25.5 Å². The lowest BCUT2D eigenvalue weighted by Gasteiger charge is -2.20. The van der Waals surface area contributed by atoms with Gasteiger partial charge in [0.15, 0.2) is 0 Å². The van der Waals surface area contributed by atoms with E-state index in [0.29, 0.717) is 0 Å². The Bertz CT molecular complexity index is 649. The third kappa shape index (κ3) is 3.57. The Morgan fingerprint density at radius 1 is 1.57 bits per heavy atom. The second kappa shape index (κ2) is 6.35. The van der Waals surface area contributed by atoms with Crippen molar-refractivity contribution in [2.75, 3.05) is 20.1 Å². The molecule has 1 aliphatic rings. The summed E-state index contributed by atoms with van der Waals surface area (Å²) in [5.74, 6) is -0.733. The molecular formula is C13H18FN3O2S2. The molecule has 0 spiro atoms. The van der Waals surface area contributed by atoms with Gasteiger partial charge in [-0.1, -0.05) is 18.3 Å². The number of nitrogens with one attached hydrogen (secondary N) is 1. The molecule has 116 valence electrons. The lowest BCUT2D eigenvalue weighted by molar-refractivity contribution is 0.311. The van der Waals surface area contributed by atoms with Gasteiger partial charge in [-0.05, 0) is 38.6 Å². The number of halogens is 1. The molecule has 1 saturated heterocycles. The van der Waals surface area contributed by atoms with Gasteiger partial charge < -0.3 is 10.6 Å². The van der Waals surface area contributed by atoms with Crippen LogP contribution in [0, 0.1) is 5.82 Å². The monoisotopic (exact) mass is 331 g/mol. The Balaban J connectivity index is 2.24. The molecule has 0 saturated carbocycles. The van der Waals surface area contributed by atoms with Crippen LogP contribution in [0.25, 0.3) is 0 Å². The summed E-state index contributed by atoms with van der Waals surface area (Å²) < 4.78 is 41.0. The van der Waals surface area contributed by atoms with Crippen molar-refractivity contribution in [2.45, 2.75) is 23.8 Å². The average Bonchev–Trinajstić information content (AvgIpc) is 2.81. The van der Waals surface area contributed by atoms with Gasteiger partial charge in [0, 0.05) is 12.6 Å². The molecule has 0 aliphatic carbocycles. The SMILES string of the molecule is CN1CCCC1CNS(=O)(=O)c1cccc(F)c1C(N)=S.